The van der Waals surface area contributed by atoms with Gasteiger partial charge in [0.25, 0.3) is 0 Å². The summed E-state index contributed by atoms with van der Waals surface area (Å²) >= 11 is 5.83. The fourth-order valence-electron chi connectivity index (χ4n) is 3.79. The van der Waals surface area contributed by atoms with Crippen molar-refractivity contribution in [2.24, 2.45) is 11.1 Å². The highest BCUT2D eigenvalue weighted by Crippen LogP contribution is 2.34. The van der Waals surface area contributed by atoms with Gasteiger partial charge in [0.1, 0.15) is 24.2 Å². The Morgan fingerprint density at radius 2 is 1.53 bits per heavy atom. The van der Waals surface area contributed by atoms with Gasteiger partial charge in [-0.3, -0.25) is 0 Å². The van der Waals surface area contributed by atoms with E-state index in [4.69, 9.17) is 31.5 Å². The highest BCUT2D eigenvalue weighted by atomic mass is 35.5. The molecule has 0 saturated carbocycles. The zero-order valence-corrected chi connectivity index (χ0v) is 22.2. The summed E-state index contributed by atoms with van der Waals surface area (Å²) in [7, 11) is 0. The first-order chi connectivity index (χ1) is 16.9. The van der Waals surface area contributed by atoms with E-state index in [-0.39, 0.29) is 28.8 Å². The van der Waals surface area contributed by atoms with Crippen LogP contribution in [0.1, 0.15) is 57.9 Å². The van der Waals surface area contributed by atoms with E-state index < -0.39 is 6.09 Å². The predicted octanol–water partition coefficient (Wildman–Crippen LogP) is 6.31. The molecule has 8 heteroatoms. The number of primary amides is 1. The highest BCUT2D eigenvalue weighted by molar-refractivity contribution is 6.28. The van der Waals surface area contributed by atoms with Crippen LogP contribution in [-0.2, 0) is 16.8 Å². The second-order valence-corrected chi connectivity index (χ2v) is 10.5. The molecule has 0 aliphatic carbocycles. The van der Waals surface area contributed by atoms with Gasteiger partial charge in [0.05, 0.1) is 12.3 Å². The average molecular weight is 512 g/mol. The normalized spacial score (nSPS) is 12.6. The van der Waals surface area contributed by atoms with Gasteiger partial charge >= 0.3 is 6.09 Å². The van der Waals surface area contributed by atoms with Crippen LogP contribution < -0.4 is 15.2 Å². The monoisotopic (exact) mass is 511 g/mol. The molecule has 0 aliphatic heterocycles. The summed E-state index contributed by atoms with van der Waals surface area (Å²) in [4.78, 5) is 18.9. The van der Waals surface area contributed by atoms with E-state index in [9.17, 15) is 4.79 Å². The predicted molar refractivity (Wildman–Crippen MR) is 140 cm³/mol. The second kappa shape index (κ2) is 11.6. The minimum absolute atomic E-state index is 0.136. The van der Waals surface area contributed by atoms with E-state index in [1.54, 1.807) is 12.3 Å². The van der Waals surface area contributed by atoms with Crippen molar-refractivity contribution in [1.82, 2.24) is 9.97 Å². The zero-order valence-electron chi connectivity index (χ0n) is 21.5. The molecular formula is C28H34ClN3O4. The molecule has 0 spiro atoms. The number of aromatic nitrogens is 2. The standard InChI is InChI=1S/C28H34ClN3O4/c1-27(2,3)24(15-17-34-26(30)33)36-23-12-8-20(9-13-23)28(4,5)19-6-10-22(11-7-19)35-18-21-14-16-31-25(29)32-21/h6-14,16,24H,15,17-18H2,1-5H3,(H2,30,33). The number of hydrogen-bond acceptors (Lipinski definition) is 6. The summed E-state index contributed by atoms with van der Waals surface area (Å²) in [6.07, 6.45) is 1.25. The van der Waals surface area contributed by atoms with E-state index >= 15 is 0 Å². The summed E-state index contributed by atoms with van der Waals surface area (Å²) in [6, 6.07) is 18.0. The number of carbonyl (C=O) groups is 1. The van der Waals surface area contributed by atoms with Crippen LogP contribution in [-0.4, -0.2) is 28.8 Å². The van der Waals surface area contributed by atoms with Crippen molar-refractivity contribution in [1.29, 1.82) is 0 Å². The summed E-state index contributed by atoms with van der Waals surface area (Å²) in [5.41, 5.74) is 7.75. The number of carbonyl (C=O) groups excluding carboxylic acids is 1. The third-order valence-corrected chi connectivity index (χ3v) is 6.27. The van der Waals surface area contributed by atoms with Crippen LogP contribution in [0.15, 0.2) is 60.8 Å². The largest absolute Gasteiger partial charge is 0.490 e. The van der Waals surface area contributed by atoms with E-state index in [1.165, 1.54) is 0 Å². The molecule has 1 aromatic heterocycles. The summed E-state index contributed by atoms with van der Waals surface area (Å²) in [5.74, 6) is 1.52. The number of halogens is 1. The summed E-state index contributed by atoms with van der Waals surface area (Å²) in [6.45, 7) is 11.2. The molecule has 0 radical (unpaired) electrons. The van der Waals surface area contributed by atoms with E-state index in [2.05, 4.69) is 68.9 Å². The number of nitrogens with two attached hydrogens (primary N) is 1. The number of rotatable bonds is 10. The van der Waals surface area contributed by atoms with Gasteiger partial charge in [-0.25, -0.2) is 14.8 Å². The SMILES string of the molecule is CC(C)(c1ccc(OCc2ccnc(Cl)n2)cc1)c1ccc(OC(CCOC(N)=O)C(C)(C)C)cc1. The van der Waals surface area contributed by atoms with Gasteiger partial charge in [-0.2, -0.15) is 0 Å². The molecule has 1 heterocycles. The first-order valence-electron chi connectivity index (χ1n) is 11.9. The van der Waals surface area contributed by atoms with Crippen molar-refractivity contribution in [2.45, 2.75) is 59.2 Å². The topological polar surface area (TPSA) is 96.6 Å². The van der Waals surface area contributed by atoms with Gasteiger partial charge in [0.15, 0.2) is 0 Å². The number of ether oxygens (including phenoxy) is 3. The van der Waals surface area contributed by atoms with Crippen molar-refractivity contribution >= 4 is 17.7 Å². The fourth-order valence-corrected chi connectivity index (χ4v) is 3.96. The fraction of sp³-hybridized carbons (Fsp3) is 0.393. The molecule has 3 aromatic rings. The Labute approximate surface area is 218 Å². The molecule has 1 amide bonds. The van der Waals surface area contributed by atoms with Crippen LogP contribution >= 0.6 is 11.6 Å². The minimum Gasteiger partial charge on any atom is -0.490 e. The molecule has 3 rings (SSSR count). The minimum atomic E-state index is -0.774. The van der Waals surface area contributed by atoms with Gasteiger partial charge < -0.3 is 19.9 Å². The number of nitrogens with zero attached hydrogens (tertiary/aromatic N) is 2. The maximum Gasteiger partial charge on any atom is 0.404 e. The first-order valence-corrected chi connectivity index (χ1v) is 12.2. The van der Waals surface area contributed by atoms with Gasteiger partial charge in [-0.15, -0.1) is 0 Å². The lowest BCUT2D eigenvalue weighted by Gasteiger charge is -2.31. The molecule has 1 unspecified atom stereocenters. The highest BCUT2D eigenvalue weighted by Gasteiger charge is 2.28. The summed E-state index contributed by atoms with van der Waals surface area (Å²) in [5, 5.41) is 0.204. The molecule has 0 fully saturated rings. The number of hydrogen-bond donors (Lipinski definition) is 1. The lowest BCUT2D eigenvalue weighted by Crippen LogP contribution is -2.34. The quantitative estimate of drug-likeness (QED) is 0.320. The maximum atomic E-state index is 10.9. The molecule has 7 nitrogen and oxygen atoms in total. The van der Waals surface area contributed by atoms with Crippen molar-refractivity contribution in [2.75, 3.05) is 6.61 Å². The molecule has 1 atom stereocenters. The van der Waals surface area contributed by atoms with Crippen molar-refractivity contribution in [3.63, 3.8) is 0 Å². The third kappa shape index (κ3) is 7.59. The van der Waals surface area contributed by atoms with Crippen molar-refractivity contribution in [3.05, 3.63) is 82.9 Å². The van der Waals surface area contributed by atoms with Crippen LogP contribution in [0, 0.1) is 5.41 Å². The van der Waals surface area contributed by atoms with E-state index in [1.807, 2.05) is 24.3 Å². The molecule has 36 heavy (non-hydrogen) atoms. The van der Waals surface area contributed by atoms with Crippen molar-refractivity contribution in [3.8, 4) is 11.5 Å². The summed E-state index contributed by atoms with van der Waals surface area (Å²) < 4.78 is 17.0. The van der Waals surface area contributed by atoms with Gasteiger partial charge in [-0.05, 0) is 58.5 Å². The zero-order chi connectivity index (χ0) is 26.3. The maximum absolute atomic E-state index is 10.9. The Morgan fingerprint density at radius 3 is 2.06 bits per heavy atom. The van der Waals surface area contributed by atoms with Crippen LogP contribution in [0.5, 0.6) is 11.5 Å². The molecule has 0 bridgehead atoms. The smallest absolute Gasteiger partial charge is 0.404 e. The lowest BCUT2D eigenvalue weighted by molar-refractivity contribution is 0.0560. The molecule has 192 valence electrons. The van der Waals surface area contributed by atoms with Crippen LogP contribution in [0.4, 0.5) is 4.79 Å². The number of amides is 1. The van der Waals surface area contributed by atoms with Gasteiger partial charge in [0.2, 0.25) is 5.28 Å². The number of benzene rings is 2. The third-order valence-electron chi connectivity index (χ3n) is 6.09. The van der Waals surface area contributed by atoms with E-state index in [0.29, 0.717) is 13.0 Å². The van der Waals surface area contributed by atoms with Crippen LogP contribution in [0.2, 0.25) is 5.28 Å². The second-order valence-electron chi connectivity index (χ2n) is 10.2. The van der Waals surface area contributed by atoms with Crippen molar-refractivity contribution < 1.29 is 19.0 Å². The Bertz CT molecular complexity index is 1140. The molecule has 0 aliphatic rings. The Balaban J connectivity index is 1.65. The molecule has 2 aromatic carbocycles. The van der Waals surface area contributed by atoms with Crippen LogP contribution in [0.3, 0.4) is 0 Å². The van der Waals surface area contributed by atoms with Crippen LogP contribution in [0.25, 0.3) is 0 Å². The molecule has 2 N–H and O–H groups in total. The average Bonchev–Trinajstić information content (AvgIpc) is 2.82. The lowest BCUT2D eigenvalue weighted by atomic mass is 9.78. The molecule has 0 saturated heterocycles. The molecular weight excluding hydrogens is 478 g/mol. The Morgan fingerprint density at radius 1 is 0.944 bits per heavy atom. The first kappa shape index (κ1) is 27.3. The van der Waals surface area contributed by atoms with Gasteiger partial charge in [-0.1, -0.05) is 58.9 Å². The van der Waals surface area contributed by atoms with E-state index in [0.717, 1.165) is 28.3 Å². The van der Waals surface area contributed by atoms with Gasteiger partial charge in [0, 0.05) is 18.0 Å². The Hall–Kier alpha value is -3.32. The Kier molecular flexibility index (Phi) is 8.79.